The Bertz CT molecular complexity index is 2630. The highest BCUT2D eigenvalue weighted by molar-refractivity contribution is 5.96. The lowest BCUT2D eigenvalue weighted by Gasteiger charge is -2.31. The molecule has 0 unspecified atom stereocenters. The minimum absolute atomic E-state index is 0.0331. The lowest BCUT2D eigenvalue weighted by molar-refractivity contribution is -0.172. The van der Waals surface area contributed by atoms with Gasteiger partial charge in [-0.3, -0.25) is 24.0 Å². The van der Waals surface area contributed by atoms with E-state index in [1.165, 1.54) is 0 Å². The zero-order valence-electron chi connectivity index (χ0n) is 35.8. The molecular formula is C45H49N7O13. The molecule has 3 aliphatic heterocycles. The number of aromatic nitrogens is 2. The van der Waals surface area contributed by atoms with Crippen LogP contribution in [0.1, 0.15) is 71.9 Å². The third kappa shape index (κ3) is 9.03. The number of methoxy groups -OCH3 is 1. The van der Waals surface area contributed by atoms with Gasteiger partial charge >= 0.3 is 12.1 Å². The molecule has 2 aromatic carbocycles. The van der Waals surface area contributed by atoms with Crippen LogP contribution in [0.5, 0.6) is 11.5 Å². The molecular weight excluding hydrogens is 847 g/mol. The summed E-state index contributed by atoms with van der Waals surface area (Å²) in [5.41, 5.74) is 3.74. The predicted octanol–water partition coefficient (Wildman–Crippen LogP) is 1.02. The van der Waals surface area contributed by atoms with Crippen molar-refractivity contribution in [3.8, 4) is 22.9 Å². The molecule has 6 N–H and O–H groups in total. The first-order chi connectivity index (χ1) is 31.4. The van der Waals surface area contributed by atoms with Gasteiger partial charge in [0.25, 0.3) is 5.56 Å². The second-order valence-electron chi connectivity index (χ2n) is 16.1. The first-order valence-electron chi connectivity index (χ1n) is 21.4. The molecule has 2 aromatic heterocycles. The normalized spacial score (nSPS) is 17.8. The maximum Gasteiger partial charge on any atom is 0.407 e. The first kappa shape index (κ1) is 44.5. The molecule has 0 radical (unpaired) electrons. The highest BCUT2D eigenvalue weighted by Gasteiger charge is 2.46. The number of ether oxygens (including phenoxy) is 5. The minimum atomic E-state index is -1.95. The van der Waals surface area contributed by atoms with Gasteiger partial charge in [-0.2, -0.15) is 0 Å². The van der Waals surface area contributed by atoms with Gasteiger partial charge in [-0.25, -0.2) is 14.6 Å². The Morgan fingerprint density at radius 2 is 1.71 bits per heavy atom. The Morgan fingerprint density at radius 3 is 2.49 bits per heavy atom. The first-order valence-corrected chi connectivity index (χ1v) is 21.4. The number of esters is 1. The van der Waals surface area contributed by atoms with Gasteiger partial charge < -0.3 is 59.9 Å². The number of hydrogen-bond acceptors (Lipinski definition) is 14. The van der Waals surface area contributed by atoms with E-state index in [0.717, 1.165) is 47.6 Å². The number of aliphatic hydroxyl groups is 1. The van der Waals surface area contributed by atoms with Crippen LogP contribution in [0.3, 0.4) is 0 Å². The van der Waals surface area contributed by atoms with Gasteiger partial charge in [-0.1, -0.05) is 37.3 Å². The number of rotatable bonds is 17. The summed E-state index contributed by atoms with van der Waals surface area (Å²) in [6.45, 7) is 0.724. The lowest BCUT2D eigenvalue weighted by Crippen LogP contribution is -2.52. The lowest BCUT2D eigenvalue weighted by atomic mass is 9.77. The van der Waals surface area contributed by atoms with Gasteiger partial charge in [0.1, 0.15) is 25.9 Å². The quantitative estimate of drug-likeness (QED) is 0.0433. The second-order valence-corrected chi connectivity index (χ2v) is 16.1. The molecule has 0 saturated heterocycles. The van der Waals surface area contributed by atoms with E-state index in [2.05, 4.69) is 31.3 Å². The molecule has 1 aliphatic carbocycles. The summed E-state index contributed by atoms with van der Waals surface area (Å²) in [5, 5.41) is 24.7. The van der Waals surface area contributed by atoms with Crippen molar-refractivity contribution in [2.75, 3.05) is 46.9 Å². The van der Waals surface area contributed by atoms with Crippen LogP contribution in [-0.2, 0) is 69.8 Å². The minimum Gasteiger partial charge on any atom is -0.458 e. The highest BCUT2D eigenvalue weighted by atomic mass is 16.7. The van der Waals surface area contributed by atoms with Gasteiger partial charge in [0.05, 0.1) is 49.2 Å². The van der Waals surface area contributed by atoms with Crippen LogP contribution in [0.4, 0.5) is 4.79 Å². The van der Waals surface area contributed by atoms with Crippen molar-refractivity contribution in [3.05, 3.63) is 86.2 Å². The number of carbonyl (C=O) groups excluding carboxylic acids is 6. The van der Waals surface area contributed by atoms with Crippen molar-refractivity contribution >= 4 is 46.6 Å². The van der Waals surface area contributed by atoms with Crippen molar-refractivity contribution in [2.24, 2.45) is 0 Å². The largest absolute Gasteiger partial charge is 0.458 e. The van der Waals surface area contributed by atoms with Crippen molar-refractivity contribution in [3.63, 3.8) is 0 Å². The van der Waals surface area contributed by atoms with Crippen molar-refractivity contribution in [2.45, 2.75) is 76.2 Å². The third-order valence-corrected chi connectivity index (χ3v) is 12.2. The number of nitrogens with one attached hydrogen (secondary N) is 5. The smallest absolute Gasteiger partial charge is 0.407 e. The number of cyclic esters (lactones) is 1. The van der Waals surface area contributed by atoms with E-state index in [1.54, 1.807) is 41.8 Å². The summed E-state index contributed by atoms with van der Waals surface area (Å²) in [7, 11) is 1.15. The van der Waals surface area contributed by atoms with Crippen molar-refractivity contribution in [1.82, 2.24) is 36.1 Å². The number of hydrogen-bond donors (Lipinski definition) is 6. The van der Waals surface area contributed by atoms with E-state index < -0.39 is 67.0 Å². The summed E-state index contributed by atoms with van der Waals surface area (Å²) in [6, 6.07) is 11.4. The van der Waals surface area contributed by atoms with E-state index in [4.69, 9.17) is 23.9 Å². The maximum absolute atomic E-state index is 14.0. The third-order valence-electron chi connectivity index (χ3n) is 12.2. The van der Waals surface area contributed by atoms with E-state index in [-0.39, 0.29) is 62.1 Å². The monoisotopic (exact) mass is 895 g/mol. The molecule has 0 saturated carbocycles. The SMILES string of the molecule is CC[C@@]1(O)C(=O)OCc2c1cc1n(c2=O)Cc2c-1nc1cc3c(c4c1c2[C@@H](CCCOCNC(=O)CNC(=O)[C@H](Cc1ccccc1)NC(=O)CNC(=O)CNC(=O)OC)CC4)OCO3. The number of amides is 5. The van der Waals surface area contributed by atoms with Gasteiger partial charge in [-0.05, 0) is 55.2 Å². The molecule has 0 bridgehead atoms. The number of benzene rings is 2. The summed E-state index contributed by atoms with van der Waals surface area (Å²) < 4.78 is 28.8. The fourth-order valence-corrected chi connectivity index (χ4v) is 8.93. The van der Waals surface area contributed by atoms with Gasteiger partial charge in [0.15, 0.2) is 17.1 Å². The zero-order chi connectivity index (χ0) is 45.8. The summed E-state index contributed by atoms with van der Waals surface area (Å²) in [5.74, 6) is -1.87. The van der Waals surface area contributed by atoms with Gasteiger partial charge in [0.2, 0.25) is 30.4 Å². The number of carbonyl (C=O) groups is 6. The fourth-order valence-electron chi connectivity index (χ4n) is 8.93. The maximum atomic E-state index is 14.0. The Hall–Kier alpha value is -7.06. The van der Waals surface area contributed by atoms with E-state index in [0.29, 0.717) is 47.9 Å². The molecule has 8 rings (SSSR count). The topological polar surface area (TPSA) is 264 Å². The average Bonchev–Trinajstić information content (AvgIpc) is 3.95. The van der Waals surface area contributed by atoms with Crippen LogP contribution in [0.15, 0.2) is 47.3 Å². The predicted molar refractivity (Wildman–Crippen MR) is 228 cm³/mol. The van der Waals surface area contributed by atoms with Crippen LogP contribution in [0, 0.1) is 0 Å². The van der Waals surface area contributed by atoms with E-state index >= 15 is 0 Å². The molecule has 65 heavy (non-hydrogen) atoms. The summed E-state index contributed by atoms with van der Waals surface area (Å²) in [4.78, 5) is 93.7. The molecule has 5 heterocycles. The standard InChI is InChI=1S/C45H49N7O13/c1-3-45(60)29-15-32-39-27(20-52(32)42(57)28(29)21-63-43(45)58)37-25(11-12-26-38(37)30(51-39)16-33-40(26)65-23-64-33)10-7-13-62-22-49-35(54)17-47-41(56)31(14-24-8-5-4-6-9-24)50-36(55)19-46-34(53)18-48-44(59)61-2/h4-6,8-9,15-16,25,31,60H,3,7,10-14,17-23H2,1-2H3,(H,46,53)(H,47,56)(H,48,59)(H,49,54)(H,50,55)/t25-,31-,45-/m0/s1. The van der Waals surface area contributed by atoms with Gasteiger partial charge in [0, 0.05) is 41.2 Å². The number of nitrogens with zero attached hydrogens (tertiary/aromatic N) is 2. The van der Waals surface area contributed by atoms with Crippen molar-refractivity contribution < 1.29 is 57.6 Å². The second kappa shape index (κ2) is 19.0. The van der Waals surface area contributed by atoms with Crippen LogP contribution < -0.4 is 41.6 Å². The van der Waals surface area contributed by atoms with E-state index in [1.807, 2.05) is 12.1 Å². The Labute approximate surface area is 371 Å². The summed E-state index contributed by atoms with van der Waals surface area (Å²) in [6.07, 6.45) is 2.18. The van der Waals surface area contributed by atoms with Crippen LogP contribution in [-0.4, -0.2) is 103 Å². The number of pyridine rings is 2. The molecule has 0 spiro atoms. The molecule has 0 fully saturated rings. The molecule has 20 nitrogen and oxygen atoms in total. The molecule has 20 heteroatoms. The summed E-state index contributed by atoms with van der Waals surface area (Å²) >= 11 is 0. The molecule has 342 valence electrons. The number of fused-ring (bicyclic) bond motifs is 7. The molecule has 3 atom stereocenters. The Morgan fingerprint density at radius 1 is 0.938 bits per heavy atom. The van der Waals surface area contributed by atoms with E-state index in [9.17, 15) is 38.7 Å². The Kier molecular flexibility index (Phi) is 13.0. The van der Waals surface area contributed by atoms with Gasteiger partial charge in [-0.15, -0.1) is 0 Å². The van der Waals surface area contributed by atoms with Crippen LogP contribution >= 0.6 is 0 Å². The average molecular weight is 896 g/mol. The molecule has 4 aromatic rings. The van der Waals surface area contributed by atoms with Crippen LogP contribution in [0.2, 0.25) is 0 Å². The number of aryl methyl sites for hydroxylation is 1. The Balaban J connectivity index is 0.876. The van der Waals surface area contributed by atoms with Crippen molar-refractivity contribution in [1.29, 1.82) is 0 Å². The number of alkyl carbamates (subject to hydrolysis) is 1. The zero-order valence-corrected chi connectivity index (χ0v) is 35.8. The molecule has 5 amide bonds. The fraction of sp³-hybridized carbons (Fsp3) is 0.422. The highest BCUT2D eigenvalue weighted by Crippen LogP contribution is 2.51. The molecule has 4 aliphatic rings. The van der Waals surface area contributed by atoms with Crippen LogP contribution in [0.25, 0.3) is 22.3 Å².